The molecular formula is C22H29N3O5S. The summed E-state index contributed by atoms with van der Waals surface area (Å²) in [6, 6.07) is 12.3. The Hall–Kier alpha value is -2.62. The van der Waals surface area contributed by atoms with E-state index < -0.39 is 10.0 Å². The molecule has 0 aliphatic carbocycles. The van der Waals surface area contributed by atoms with Crippen LogP contribution in [0.1, 0.15) is 24.2 Å². The Kier molecular flexibility index (Phi) is 7.19. The Bertz CT molecular complexity index is 1010. The lowest BCUT2D eigenvalue weighted by molar-refractivity contribution is 0.0416. The fraction of sp³-hybridized carbons (Fsp3) is 0.409. The van der Waals surface area contributed by atoms with Crippen LogP contribution in [-0.2, 0) is 10.0 Å². The van der Waals surface area contributed by atoms with Crippen LogP contribution in [0.3, 0.4) is 0 Å². The molecule has 0 saturated carbocycles. The van der Waals surface area contributed by atoms with Crippen LogP contribution in [0, 0.1) is 5.92 Å². The summed E-state index contributed by atoms with van der Waals surface area (Å²) in [5.41, 5.74) is 0.511. The number of anilines is 1. The summed E-state index contributed by atoms with van der Waals surface area (Å²) in [6.07, 6.45) is -0.197. The van der Waals surface area contributed by atoms with Crippen molar-refractivity contribution in [1.82, 2.24) is 10.2 Å². The van der Waals surface area contributed by atoms with Gasteiger partial charge in [0, 0.05) is 24.7 Å². The maximum absolute atomic E-state index is 13.3. The van der Waals surface area contributed by atoms with Gasteiger partial charge in [-0.1, -0.05) is 25.1 Å². The molecule has 1 amide bonds. The highest BCUT2D eigenvalue weighted by molar-refractivity contribution is 7.92. The molecule has 3 atom stereocenters. The van der Waals surface area contributed by atoms with Crippen molar-refractivity contribution in [3.8, 4) is 5.75 Å². The zero-order valence-electron chi connectivity index (χ0n) is 17.9. The molecule has 0 radical (unpaired) electrons. The molecule has 0 spiro atoms. The highest BCUT2D eigenvalue weighted by Crippen LogP contribution is 2.31. The summed E-state index contributed by atoms with van der Waals surface area (Å²) < 4.78 is 34.1. The average molecular weight is 448 g/mol. The third-order valence-corrected chi connectivity index (χ3v) is 6.77. The average Bonchev–Trinajstić information content (AvgIpc) is 2.76. The number of ether oxygens (including phenoxy) is 1. The van der Waals surface area contributed by atoms with Gasteiger partial charge in [-0.3, -0.25) is 9.52 Å². The Labute approximate surface area is 183 Å². The van der Waals surface area contributed by atoms with Gasteiger partial charge in [0.1, 0.15) is 11.9 Å². The number of benzene rings is 2. The summed E-state index contributed by atoms with van der Waals surface area (Å²) in [7, 11) is -1.97. The zero-order valence-corrected chi connectivity index (χ0v) is 18.7. The van der Waals surface area contributed by atoms with Gasteiger partial charge in [-0.05, 0) is 44.3 Å². The Morgan fingerprint density at radius 2 is 1.94 bits per heavy atom. The monoisotopic (exact) mass is 447 g/mol. The molecule has 31 heavy (non-hydrogen) atoms. The summed E-state index contributed by atoms with van der Waals surface area (Å²) in [4.78, 5) is 15.1. The van der Waals surface area contributed by atoms with Gasteiger partial charge < -0.3 is 20.1 Å². The third-order valence-electron chi connectivity index (χ3n) is 5.38. The first kappa shape index (κ1) is 23.1. The van der Waals surface area contributed by atoms with Crippen LogP contribution in [0.5, 0.6) is 5.75 Å². The Morgan fingerprint density at radius 3 is 2.58 bits per heavy atom. The lowest BCUT2D eigenvalue weighted by Crippen LogP contribution is -2.49. The first-order valence-electron chi connectivity index (χ1n) is 10.2. The number of amides is 1. The molecule has 1 aliphatic heterocycles. The maximum Gasteiger partial charge on any atom is 0.261 e. The number of likely N-dealkylation sites (N-methyl/N-ethyl adjacent to an activating group) is 1. The van der Waals surface area contributed by atoms with Crippen LogP contribution in [0.2, 0.25) is 0 Å². The Balaban J connectivity index is 2.00. The number of carbonyl (C=O) groups excluding carboxylic acids is 1. The number of carbonyl (C=O) groups is 1. The molecule has 2 aromatic rings. The van der Waals surface area contributed by atoms with Crippen LogP contribution in [0.4, 0.5) is 5.69 Å². The molecule has 8 nitrogen and oxygen atoms in total. The smallest absolute Gasteiger partial charge is 0.261 e. The van der Waals surface area contributed by atoms with E-state index in [-0.39, 0.29) is 46.7 Å². The molecule has 2 aromatic carbocycles. The molecule has 168 valence electrons. The topological polar surface area (TPSA) is 108 Å². The quantitative estimate of drug-likeness (QED) is 0.599. The van der Waals surface area contributed by atoms with Crippen molar-refractivity contribution >= 4 is 21.6 Å². The van der Waals surface area contributed by atoms with Gasteiger partial charge in [0.15, 0.2) is 0 Å². The first-order valence-corrected chi connectivity index (χ1v) is 11.7. The lowest BCUT2D eigenvalue weighted by atomic mass is 9.99. The zero-order chi connectivity index (χ0) is 22.6. The van der Waals surface area contributed by atoms with Crippen LogP contribution in [0.15, 0.2) is 53.4 Å². The minimum Gasteiger partial charge on any atom is -0.488 e. The van der Waals surface area contributed by atoms with Crippen molar-refractivity contribution in [3.05, 3.63) is 54.1 Å². The minimum atomic E-state index is -3.80. The summed E-state index contributed by atoms with van der Waals surface area (Å²) >= 11 is 0. The number of hydrogen-bond acceptors (Lipinski definition) is 6. The van der Waals surface area contributed by atoms with Crippen LogP contribution >= 0.6 is 0 Å². The second-order valence-corrected chi connectivity index (χ2v) is 9.49. The summed E-state index contributed by atoms with van der Waals surface area (Å²) in [5, 5.41) is 12.8. The van der Waals surface area contributed by atoms with Crippen molar-refractivity contribution < 1.29 is 23.1 Å². The molecule has 0 bridgehead atoms. The molecule has 1 heterocycles. The molecule has 0 saturated heterocycles. The van der Waals surface area contributed by atoms with Crippen LogP contribution in [0.25, 0.3) is 0 Å². The maximum atomic E-state index is 13.3. The van der Waals surface area contributed by atoms with E-state index >= 15 is 0 Å². The standard InChI is InChI=1S/C22H29N3O5S/c1-15-13-25(16(2)14-26)22(27)19-11-17(9-10-20(19)30-21(15)12-23-3)24-31(28,29)18-7-5-4-6-8-18/h4-11,15-16,21,23-24,26H,12-14H2,1-3H3/t15-,16-,21+/m0/s1. The molecule has 9 heteroatoms. The third kappa shape index (κ3) is 5.17. The van der Waals surface area contributed by atoms with Crippen molar-refractivity contribution in [2.45, 2.75) is 30.9 Å². The SMILES string of the molecule is CNC[C@H]1Oc2ccc(NS(=O)(=O)c3ccccc3)cc2C(=O)N([C@@H](C)CO)C[C@@H]1C. The van der Waals surface area contributed by atoms with Gasteiger partial charge in [0.05, 0.1) is 23.1 Å². The van der Waals surface area contributed by atoms with E-state index in [0.29, 0.717) is 18.8 Å². The number of nitrogens with zero attached hydrogens (tertiary/aromatic N) is 1. The van der Waals surface area contributed by atoms with Gasteiger partial charge in [0.25, 0.3) is 15.9 Å². The van der Waals surface area contributed by atoms with Gasteiger partial charge in [0.2, 0.25) is 0 Å². The molecule has 3 N–H and O–H groups in total. The predicted octanol–water partition coefficient (Wildman–Crippen LogP) is 1.93. The summed E-state index contributed by atoms with van der Waals surface area (Å²) in [6.45, 7) is 4.60. The van der Waals surface area contributed by atoms with Gasteiger partial charge in [-0.2, -0.15) is 0 Å². The lowest BCUT2D eigenvalue weighted by Gasteiger charge is -2.37. The number of aliphatic hydroxyl groups excluding tert-OH is 1. The molecule has 0 fully saturated rings. The minimum absolute atomic E-state index is 0.0230. The molecule has 1 aliphatic rings. The van der Waals surface area contributed by atoms with E-state index in [4.69, 9.17) is 4.74 Å². The second kappa shape index (κ2) is 9.67. The normalized spacial score (nSPS) is 20.3. The highest BCUT2D eigenvalue weighted by atomic mass is 32.2. The van der Waals surface area contributed by atoms with E-state index in [1.165, 1.54) is 18.2 Å². The van der Waals surface area contributed by atoms with Crippen LogP contribution in [-0.4, -0.2) is 63.2 Å². The van der Waals surface area contributed by atoms with E-state index in [9.17, 15) is 18.3 Å². The number of fused-ring (bicyclic) bond motifs is 1. The molecule has 0 aromatic heterocycles. The Morgan fingerprint density at radius 1 is 1.23 bits per heavy atom. The van der Waals surface area contributed by atoms with Crippen LogP contribution < -0.4 is 14.8 Å². The van der Waals surface area contributed by atoms with Crippen molar-refractivity contribution in [1.29, 1.82) is 0 Å². The van der Waals surface area contributed by atoms with E-state index in [0.717, 1.165) is 0 Å². The largest absolute Gasteiger partial charge is 0.488 e. The van der Waals surface area contributed by atoms with Gasteiger partial charge >= 0.3 is 0 Å². The molecule has 3 rings (SSSR count). The predicted molar refractivity (Wildman–Crippen MR) is 119 cm³/mol. The van der Waals surface area contributed by atoms with E-state index in [1.807, 2.05) is 14.0 Å². The fourth-order valence-electron chi connectivity index (χ4n) is 3.54. The number of aliphatic hydroxyl groups is 1. The van der Waals surface area contributed by atoms with Crippen molar-refractivity contribution in [2.75, 3.05) is 31.5 Å². The van der Waals surface area contributed by atoms with Gasteiger partial charge in [-0.25, -0.2) is 8.42 Å². The highest BCUT2D eigenvalue weighted by Gasteiger charge is 2.33. The fourth-order valence-corrected chi connectivity index (χ4v) is 4.62. The van der Waals surface area contributed by atoms with E-state index in [2.05, 4.69) is 10.0 Å². The summed E-state index contributed by atoms with van der Waals surface area (Å²) in [5.74, 6) is 0.0940. The van der Waals surface area contributed by atoms with Crippen molar-refractivity contribution in [3.63, 3.8) is 0 Å². The number of nitrogens with one attached hydrogen (secondary N) is 2. The second-order valence-electron chi connectivity index (χ2n) is 7.81. The van der Waals surface area contributed by atoms with Gasteiger partial charge in [-0.15, -0.1) is 0 Å². The first-order chi connectivity index (χ1) is 14.8. The molecular weight excluding hydrogens is 418 g/mol. The number of rotatable bonds is 7. The van der Waals surface area contributed by atoms with Crippen molar-refractivity contribution in [2.24, 2.45) is 5.92 Å². The molecule has 0 unspecified atom stereocenters. The number of hydrogen-bond donors (Lipinski definition) is 3. The number of sulfonamides is 1. The van der Waals surface area contributed by atoms with E-state index in [1.54, 1.807) is 42.2 Å².